The van der Waals surface area contributed by atoms with Crippen molar-refractivity contribution in [1.82, 2.24) is 15.0 Å². The fourth-order valence-electron chi connectivity index (χ4n) is 1.76. The average molecular weight is 366 g/mol. The summed E-state index contributed by atoms with van der Waals surface area (Å²) in [7, 11) is 0. The molecule has 0 spiro atoms. The van der Waals surface area contributed by atoms with Gasteiger partial charge in [-0.3, -0.25) is 4.79 Å². The number of rotatable bonds is 5. The van der Waals surface area contributed by atoms with Crippen LogP contribution in [0.3, 0.4) is 0 Å². The first-order valence-electron chi connectivity index (χ1n) is 6.10. The third kappa shape index (κ3) is 4.16. The van der Waals surface area contributed by atoms with Crippen molar-refractivity contribution < 1.29 is 17.9 Å². The molecule has 0 unspecified atom stereocenters. The van der Waals surface area contributed by atoms with Crippen molar-refractivity contribution in [3.05, 3.63) is 28.6 Å². The van der Waals surface area contributed by atoms with Crippen molar-refractivity contribution in [3.63, 3.8) is 0 Å². The molecule has 2 aromatic rings. The zero-order valence-corrected chi connectivity index (χ0v) is 12.3. The zero-order valence-electron chi connectivity index (χ0n) is 10.7. The maximum atomic E-state index is 12.1. The average Bonchev–Trinajstić information content (AvgIpc) is 2.40. The lowest BCUT2D eigenvalue weighted by atomic mass is 10.2. The summed E-state index contributed by atoms with van der Waals surface area (Å²) in [5.41, 5.74) is -0.313. The van der Waals surface area contributed by atoms with Crippen LogP contribution in [0.5, 0.6) is 5.75 Å². The fraction of sp³-hybridized carbons (Fsp3) is 0.417. The second-order valence-electron chi connectivity index (χ2n) is 4.24. The van der Waals surface area contributed by atoms with E-state index in [2.05, 4.69) is 31.0 Å². The van der Waals surface area contributed by atoms with Gasteiger partial charge in [-0.25, -0.2) is 4.68 Å². The van der Waals surface area contributed by atoms with Gasteiger partial charge in [-0.1, -0.05) is 21.1 Å². The van der Waals surface area contributed by atoms with Crippen LogP contribution in [0.15, 0.2) is 23.0 Å². The molecule has 0 amide bonds. The first kappa shape index (κ1) is 15.7. The molecule has 1 aromatic carbocycles. The van der Waals surface area contributed by atoms with Gasteiger partial charge in [0.2, 0.25) is 0 Å². The lowest BCUT2D eigenvalue weighted by Crippen LogP contribution is -2.24. The highest BCUT2D eigenvalue weighted by Gasteiger charge is 2.31. The van der Waals surface area contributed by atoms with Gasteiger partial charge in [0.1, 0.15) is 11.3 Å². The molecule has 0 bridgehead atoms. The third-order valence-electron chi connectivity index (χ3n) is 2.68. The van der Waals surface area contributed by atoms with E-state index >= 15 is 0 Å². The van der Waals surface area contributed by atoms with Gasteiger partial charge in [0.25, 0.3) is 5.56 Å². The van der Waals surface area contributed by atoms with Crippen molar-refractivity contribution in [1.29, 1.82) is 0 Å². The number of ether oxygens (including phenoxy) is 1. The SMILES string of the molecule is O=c1c2ccc(OC(F)(F)F)cc2nnn1CCCCBr. The number of unbranched alkanes of at least 4 members (excludes halogenated alkanes) is 1. The fourth-order valence-corrected chi connectivity index (χ4v) is 2.15. The Morgan fingerprint density at radius 1 is 1.29 bits per heavy atom. The lowest BCUT2D eigenvalue weighted by molar-refractivity contribution is -0.274. The molecule has 0 atom stereocenters. The molecule has 0 fully saturated rings. The molecule has 0 aliphatic heterocycles. The molecule has 0 saturated carbocycles. The minimum Gasteiger partial charge on any atom is -0.406 e. The van der Waals surface area contributed by atoms with Gasteiger partial charge in [-0.15, -0.1) is 18.3 Å². The molecular formula is C12H11BrF3N3O2. The standard InChI is InChI=1S/C12H11BrF3N3O2/c13-5-1-2-6-19-11(20)9-4-3-8(21-12(14,15)16)7-10(9)17-18-19/h3-4,7H,1-2,5-6H2. The molecule has 5 nitrogen and oxygen atoms in total. The Morgan fingerprint density at radius 2 is 2.05 bits per heavy atom. The van der Waals surface area contributed by atoms with Gasteiger partial charge in [0.05, 0.1) is 5.39 Å². The molecular weight excluding hydrogens is 355 g/mol. The summed E-state index contributed by atoms with van der Waals surface area (Å²) in [6.45, 7) is 0.411. The second-order valence-corrected chi connectivity index (χ2v) is 5.03. The Kier molecular flexibility index (Phi) is 4.81. The van der Waals surface area contributed by atoms with Gasteiger partial charge < -0.3 is 4.74 Å². The first-order chi connectivity index (χ1) is 9.90. The molecule has 1 aromatic heterocycles. The van der Waals surface area contributed by atoms with Crippen molar-refractivity contribution in [2.75, 3.05) is 5.33 Å². The largest absolute Gasteiger partial charge is 0.573 e. The summed E-state index contributed by atoms with van der Waals surface area (Å²) in [6, 6.07) is 3.39. The van der Waals surface area contributed by atoms with Crippen molar-refractivity contribution in [3.8, 4) is 5.75 Å². The van der Waals surface area contributed by atoms with Gasteiger partial charge in [-0.2, -0.15) is 0 Å². The van der Waals surface area contributed by atoms with Crippen LogP contribution in [0.25, 0.3) is 10.9 Å². The Labute approximate surface area is 125 Å². The Bertz CT molecular complexity index is 687. The highest BCUT2D eigenvalue weighted by atomic mass is 79.9. The Morgan fingerprint density at radius 3 is 2.71 bits per heavy atom. The van der Waals surface area contributed by atoms with Crippen LogP contribution < -0.4 is 10.3 Å². The smallest absolute Gasteiger partial charge is 0.406 e. The van der Waals surface area contributed by atoms with E-state index in [9.17, 15) is 18.0 Å². The van der Waals surface area contributed by atoms with E-state index in [-0.39, 0.29) is 16.5 Å². The monoisotopic (exact) mass is 365 g/mol. The van der Waals surface area contributed by atoms with Crippen LogP contribution in [-0.4, -0.2) is 26.7 Å². The van der Waals surface area contributed by atoms with Crippen LogP contribution in [-0.2, 0) is 6.54 Å². The predicted octanol–water partition coefficient (Wildman–Crippen LogP) is 2.87. The minimum absolute atomic E-state index is 0.0680. The van der Waals surface area contributed by atoms with Gasteiger partial charge >= 0.3 is 6.36 Å². The number of nitrogens with zero attached hydrogens (tertiary/aromatic N) is 3. The van der Waals surface area contributed by atoms with Crippen LogP contribution in [0.4, 0.5) is 13.2 Å². The lowest BCUT2D eigenvalue weighted by Gasteiger charge is -2.09. The maximum Gasteiger partial charge on any atom is 0.573 e. The van der Waals surface area contributed by atoms with E-state index < -0.39 is 12.1 Å². The molecule has 2 rings (SSSR count). The zero-order chi connectivity index (χ0) is 15.5. The number of benzene rings is 1. The Balaban J connectivity index is 2.30. The minimum atomic E-state index is -4.79. The highest BCUT2D eigenvalue weighted by molar-refractivity contribution is 9.09. The van der Waals surface area contributed by atoms with Crippen LogP contribution >= 0.6 is 15.9 Å². The summed E-state index contributed by atoms with van der Waals surface area (Å²) in [5, 5.41) is 8.51. The van der Waals surface area contributed by atoms with E-state index in [1.807, 2.05) is 0 Å². The molecule has 114 valence electrons. The van der Waals surface area contributed by atoms with Gasteiger partial charge in [-0.05, 0) is 25.0 Å². The molecule has 0 radical (unpaired) electrons. The topological polar surface area (TPSA) is 57.0 Å². The molecule has 21 heavy (non-hydrogen) atoms. The maximum absolute atomic E-state index is 12.1. The molecule has 0 aliphatic carbocycles. The van der Waals surface area contributed by atoms with Gasteiger partial charge in [0.15, 0.2) is 0 Å². The number of alkyl halides is 4. The summed E-state index contributed by atoms with van der Waals surface area (Å²) < 4.78 is 41.4. The predicted molar refractivity (Wildman–Crippen MR) is 73.5 cm³/mol. The number of hydrogen-bond acceptors (Lipinski definition) is 4. The Hall–Kier alpha value is -1.64. The number of aromatic nitrogens is 3. The van der Waals surface area contributed by atoms with E-state index in [0.717, 1.165) is 30.3 Å². The second kappa shape index (κ2) is 6.42. The normalized spacial score (nSPS) is 11.8. The van der Waals surface area contributed by atoms with Crippen LogP contribution in [0.2, 0.25) is 0 Å². The van der Waals surface area contributed by atoms with E-state index in [4.69, 9.17) is 0 Å². The third-order valence-corrected chi connectivity index (χ3v) is 3.24. The van der Waals surface area contributed by atoms with E-state index in [0.29, 0.717) is 6.54 Å². The molecule has 0 aliphatic rings. The number of halogens is 4. The quantitative estimate of drug-likeness (QED) is 0.603. The summed E-state index contributed by atoms with van der Waals surface area (Å²) in [4.78, 5) is 12.1. The summed E-state index contributed by atoms with van der Waals surface area (Å²) in [5.74, 6) is -0.430. The van der Waals surface area contributed by atoms with Crippen LogP contribution in [0, 0.1) is 0 Å². The van der Waals surface area contributed by atoms with E-state index in [1.165, 1.54) is 10.7 Å². The molecule has 0 N–H and O–H groups in total. The molecule has 9 heteroatoms. The van der Waals surface area contributed by atoms with Gasteiger partial charge in [0, 0.05) is 17.9 Å². The van der Waals surface area contributed by atoms with E-state index in [1.54, 1.807) is 0 Å². The van der Waals surface area contributed by atoms with Crippen molar-refractivity contribution in [2.24, 2.45) is 0 Å². The summed E-state index contributed by atoms with van der Waals surface area (Å²) >= 11 is 3.28. The van der Waals surface area contributed by atoms with Crippen molar-refractivity contribution in [2.45, 2.75) is 25.7 Å². The van der Waals surface area contributed by atoms with Crippen molar-refractivity contribution >= 4 is 26.8 Å². The molecule has 1 heterocycles. The van der Waals surface area contributed by atoms with Crippen LogP contribution in [0.1, 0.15) is 12.8 Å². The molecule has 0 saturated heterocycles. The first-order valence-corrected chi connectivity index (χ1v) is 7.22. The number of aryl methyl sites for hydroxylation is 1. The number of hydrogen-bond donors (Lipinski definition) is 0. The highest BCUT2D eigenvalue weighted by Crippen LogP contribution is 2.24. The summed E-state index contributed by atoms with van der Waals surface area (Å²) in [6.07, 6.45) is -3.16. The number of fused-ring (bicyclic) bond motifs is 1.